The molecule has 1 saturated carbocycles. The average molecular weight is 270 g/mol. The highest BCUT2D eigenvalue weighted by molar-refractivity contribution is 6.32. The van der Waals surface area contributed by atoms with Crippen LogP contribution in [0.5, 0.6) is 5.75 Å². The predicted octanol–water partition coefficient (Wildman–Crippen LogP) is 2.68. The zero-order chi connectivity index (χ0) is 13.2. The third-order valence-corrected chi connectivity index (χ3v) is 3.56. The fraction of sp³-hybridized carbons (Fsp3) is 0.462. The van der Waals surface area contributed by atoms with Gasteiger partial charge in [0.1, 0.15) is 5.75 Å². The summed E-state index contributed by atoms with van der Waals surface area (Å²) in [6.07, 6.45) is 3.39. The van der Waals surface area contributed by atoms with Crippen molar-refractivity contribution < 1.29 is 15.0 Å². The minimum Gasteiger partial charge on any atom is -0.506 e. The molecule has 3 N–H and O–H groups in total. The molecule has 18 heavy (non-hydrogen) atoms. The Hall–Kier alpha value is -1.26. The smallest absolute Gasteiger partial charge is 0.227 e. The Kier molecular flexibility index (Phi) is 3.78. The lowest BCUT2D eigenvalue weighted by molar-refractivity contribution is -0.120. The number of benzene rings is 1. The van der Waals surface area contributed by atoms with Crippen molar-refractivity contribution in [3.8, 4) is 5.75 Å². The third kappa shape index (κ3) is 3.15. The molecule has 1 aromatic rings. The van der Waals surface area contributed by atoms with Gasteiger partial charge in [0.25, 0.3) is 0 Å². The van der Waals surface area contributed by atoms with E-state index in [1.807, 2.05) is 0 Å². The molecule has 0 aromatic heterocycles. The normalized spacial score (nSPS) is 17.7. The van der Waals surface area contributed by atoms with Gasteiger partial charge in [-0.3, -0.25) is 4.79 Å². The predicted molar refractivity (Wildman–Crippen MR) is 69.8 cm³/mol. The summed E-state index contributed by atoms with van der Waals surface area (Å²) in [4.78, 5) is 11.8. The van der Waals surface area contributed by atoms with Gasteiger partial charge in [-0.25, -0.2) is 0 Å². The van der Waals surface area contributed by atoms with Crippen LogP contribution in [-0.2, 0) is 4.79 Å². The Labute approximate surface area is 111 Å². The number of rotatable bonds is 3. The van der Waals surface area contributed by atoms with Crippen molar-refractivity contribution >= 4 is 23.2 Å². The highest BCUT2D eigenvalue weighted by Crippen LogP contribution is 2.33. The fourth-order valence-corrected chi connectivity index (χ4v) is 2.48. The Morgan fingerprint density at radius 3 is 2.67 bits per heavy atom. The minimum absolute atomic E-state index is 0.0240. The maximum Gasteiger partial charge on any atom is 0.227 e. The van der Waals surface area contributed by atoms with Crippen molar-refractivity contribution in [1.29, 1.82) is 0 Å². The molecular weight excluding hydrogens is 254 g/mol. The number of halogens is 1. The van der Waals surface area contributed by atoms with Gasteiger partial charge >= 0.3 is 0 Å². The van der Waals surface area contributed by atoms with Crippen LogP contribution in [0.15, 0.2) is 18.2 Å². The second-order valence-electron chi connectivity index (χ2n) is 4.82. The number of phenolic OH excluding ortho intramolecular Hbond substituents is 1. The average Bonchev–Trinajstić information content (AvgIpc) is 2.70. The molecule has 5 heteroatoms. The van der Waals surface area contributed by atoms with E-state index in [0.29, 0.717) is 18.5 Å². The van der Waals surface area contributed by atoms with E-state index in [4.69, 9.17) is 11.6 Å². The van der Waals surface area contributed by atoms with Crippen LogP contribution in [0.25, 0.3) is 0 Å². The molecule has 0 bridgehead atoms. The Bertz CT molecular complexity index is 456. The number of hydrogen-bond acceptors (Lipinski definition) is 3. The summed E-state index contributed by atoms with van der Waals surface area (Å²) in [6.45, 7) is 0. The summed E-state index contributed by atoms with van der Waals surface area (Å²) in [6, 6.07) is 4.47. The van der Waals surface area contributed by atoms with Crippen molar-refractivity contribution in [3.63, 3.8) is 0 Å². The first-order chi connectivity index (χ1) is 8.48. The van der Waals surface area contributed by atoms with Crippen LogP contribution in [0.2, 0.25) is 5.02 Å². The van der Waals surface area contributed by atoms with Gasteiger partial charge in [-0.1, -0.05) is 24.4 Å². The maximum atomic E-state index is 11.8. The molecule has 1 aliphatic rings. The summed E-state index contributed by atoms with van der Waals surface area (Å²) in [5.74, 6) is -0.259. The second-order valence-corrected chi connectivity index (χ2v) is 5.23. The number of carbonyl (C=O) groups is 1. The molecule has 0 aliphatic heterocycles. The first kappa shape index (κ1) is 13.2. The molecule has 0 spiro atoms. The van der Waals surface area contributed by atoms with E-state index in [1.165, 1.54) is 12.1 Å². The summed E-state index contributed by atoms with van der Waals surface area (Å²) >= 11 is 5.74. The van der Waals surface area contributed by atoms with Crippen molar-refractivity contribution in [3.05, 3.63) is 23.2 Å². The summed E-state index contributed by atoms with van der Waals surface area (Å²) in [5.41, 5.74) is -0.338. The van der Waals surface area contributed by atoms with Crippen molar-refractivity contribution in [1.82, 2.24) is 0 Å². The molecule has 2 rings (SSSR count). The number of hydrogen-bond donors (Lipinski definition) is 3. The minimum atomic E-state index is -0.856. The standard InChI is InChI=1S/C13H16ClNO3/c14-10-7-9(3-4-11(10)16)15-12(17)8-13(18)5-1-2-6-13/h3-4,7,16,18H,1-2,5-6,8H2,(H,15,17). The van der Waals surface area contributed by atoms with E-state index in [1.54, 1.807) is 6.07 Å². The molecule has 1 fully saturated rings. The van der Waals surface area contributed by atoms with Crippen molar-refractivity contribution in [2.45, 2.75) is 37.7 Å². The number of phenols is 1. The van der Waals surface area contributed by atoms with Gasteiger partial charge in [0, 0.05) is 5.69 Å². The molecule has 98 valence electrons. The van der Waals surface area contributed by atoms with Crippen LogP contribution in [0, 0.1) is 0 Å². The topological polar surface area (TPSA) is 69.6 Å². The molecule has 0 unspecified atom stereocenters. The van der Waals surface area contributed by atoms with E-state index in [0.717, 1.165) is 12.8 Å². The molecule has 0 atom stereocenters. The highest BCUT2D eigenvalue weighted by atomic mass is 35.5. The Morgan fingerprint density at radius 1 is 1.39 bits per heavy atom. The number of aliphatic hydroxyl groups is 1. The Morgan fingerprint density at radius 2 is 2.06 bits per heavy atom. The number of aromatic hydroxyl groups is 1. The van der Waals surface area contributed by atoms with Gasteiger partial charge in [-0.2, -0.15) is 0 Å². The van der Waals surface area contributed by atoms with Crippen LogP contribution >= 0.6 is 11.6 Å². The lowest BCUT2D eigenvalue weighted by atomic mass is 9.97. The molecular formula is C13H16ClNO3. The molecule has 0 saturated heterocycles. The van der Waals surface area contributed by atoms with E-state index >= 15 is 0 Å². The highest BCUT2D eigenvalue weighted by Gasteiger charge is 2.33. The quantitative estimate of drug-likeness (QED) is 0.739. The van der Waals surface area contributed by atoms with E-state index in [2.05, 4.69) is 5.32 Å². The lowest BCUT2D eigenvalue weighted by Gasteiger charge is -2.21. The lowest BCUT2D eigenvalue weighted by Crippen LogP contribution is -2.30. The number of amides is 1. The van der Waals surface area contributed by atoms with Gasteiger partial charge < -0.3 is 15.5 Å². The van der Waals surface area contributed by atoms with Crippen molar-refractivity contribution in [2.24, 2.45) is 0 Å². The molecule has 0 radical (unpaired) electrons. The summed E-state index contributed by atoms with van der Waals surface area (Å²) < 4.78 is 0. The molecule has 0 heterocycles. The van der Waals surface area contributed by atoms with Crippen LogP contribution in [0.1, 0.15) is 32.1 Å². The second kappa shape index (κ2) is 5.16. The molecule has 1 aliphatic carbocycles. The van der Waals surface area contributed by atoms with Gasteiger partial charge in [0.2, 0.25) is 5.91 Å². The SMILES string of the molecule is O=C(CC1(O)CCCC1)Nc1ccc(O)c(Cl)c1. The van der Waals surface area contributed by atoms with Crippen LogP contribution in [0.4, 0.5) is 5.69 Å². The maximum absolute atomic E-state index is 11.8. The summed E-state index contributed by atoms with van der Waals surface area (Å²) in [7, 11) is 0. The van der Waals surface area contributed by atoms with E-state index < -0.39 is 5.60 Å². The molecule has 1 amide bonds. The first-order valence-electron chi connectivity index (χ1n) is 5.99. The monoisotopic (exact) mass is 269 g/mol. The Balaban J connectivity index is 1.96. The fourth-order valence-electron chi connectivity index (χ4n) is 2.30. The number of nitrogens with one attached hydrogen (secondary N) is 1. The summed E-state index contributed by atoms with van der Waals surface area (Å²) in [5, 5.41) is 22.2. The third-order valence-electron chi connectivity index (χ3n) is 3.26. The largest absolute Gasteiger partial charge is 0.506 e. The van der Waals surface area contributed by atoms with Gasteiger partial charge in [0.05, 0.1) is 17.0 Å². The van der Waals surface area contributed by atoms with Gasteiger partial charge in [-0.15, -0.1) is 0 Å². The van der Waals surface area contributed by atoms with Crippen LogP contribution in [0.3, 0.4) is 0 Å². The zero-order valence-corrected chi connectivity index (χ0v) is 10.7. The van der Waals surface area contributed by atoms with Crippen LogP contribution in [-0.4, -0.2) is 21.7 Å². The van der Waals surface area contributed by atoms with Gasteiger partial charge in [0.15, 0.2) is 0 Å². The van der Waals surface area contributed by atoms with E-state index in [-0.39, 0.29) is 23.1 Å². The molecule has 4 nitrogen and oxygen atoms in total. The van der Waals surface area contributed by atoms with Crippen LogP contribution < -0.4 is 5.32 Å². The number of carbonyl (C=O) groups excluding carboxylic acids is 1. The van der Waals surface area contributed by atoms with Crippen molar-refractivity contribution in [2.75, 3.05) is 5.32 Å². The zero-order valence-electron chi connectivity index (χ0n) is 9.95. The number of anilines is 1. The van der Waals surface area contributed by atoms with E-state index in [9.17, 15) is 15.0 Å². The first-order valence-corrected chi connectivity index (χ1v) is 6.37. The van der Waals surface area contributed by atoms with Gasteiger partial charge in [-0.05, 0) is 31.0 Å². The molecule has 1 aromatic carbocycles.